The molecule has 2 unspecified atom stereocenters. The van der Waals surface area contributed by atoms with Gasteiger partial charge in [-0.1, -0.05) is 18.2 Å². The number of amides is 2. The number of piperidine rings is 1. The van der Waals surface area contributed by atoms with Gasteiger partial charge in [0.25, 0.3) is 0 Å². The standard InChI is InChI=1S/C27H28N2O4S/c1-32-20-9-7-19(8-10-20)29-25(30)12-11-22(26(29)21-5-3-4-6-23(21)33-2)27(31)28-15-13-24-18(17-28)14-16-34-24/h3-10,14,16,22,26H,11-13,15,17H2,1-2H3. The summed E-state index contributed by atoms with van der Waals surface area (Å²) in [4.78, 5) is 32.4. The van der Waals surface area contributed by atoms with Crippen LogP contribution in [0.4, 0.5) is 5.69 Å². The van der Waals surface area contributed by atoms with Crippen LogP contribution in [0.5, 0.6) is 11.5 Å². The minimum atomic E-state index is -0.456. The summed E-state index contributed by atoms with van der Waals surface area (Å²) >= 11 is 1.76. The Morgan fingerprint density at radius 3 is 2.56 bits per heavy atom. The van der Waals surface area contributed by atoms with E-state index in [1.165, 1.54) is 10.4 Å². The van der Waals surface area contributed by atoms with E-state index in [2.05, 4.69) is 11.4 Å². The molecule has 0 bridgehead atoms. The molecule has 2 aliphatic heterocycles. The van der Waals surface area contributed by atoms with Crippen molar-refractivity contribution < 1.29 is 19.1 Å². The average Bonchev–Trinajstić information content (AvgIpc) is 3.36. The van der Waals surface area contributed by atoms with Crippen LogP contribution in [-0.2, 0) is 22.6 Å². The first-order valence-corrected chi connectivity index (χ1v) is 12.4. The van der Waals surface area contributed by atoms with Crippen molar-refractivity contribution in [2.75, 3.05) is 25.7 Å². The van der Waals surface area contributed by atoms with Crippen molar-refractivity contribution in [3.05, 3.63) is 76.0 Å². The highest BCUT2D eigenvalue weighted by molar-refractivity contribution is 7.10. The fourth-order valence-corrected chi connectivity index (χ4v) is 6.03. The van der Waals surface area contributed by atoms with Gasteiger partial charge in [0, 0.05) is 35.6 Å². The van der Waals surface area contributed by atoms with Crippen LogP contribution in [0.1, 0.15) is 34.9 Å². The maximum absolute atomic E-state index is 14.0. The number of thiophene rings is 1. The van der Waals surface area contributed by atoms with Gasteiger partial charge in [-0.3, -0.25) is 9.59 Å². The Bertz CT molecular complexity index is 1190. The molecule has 7 heteroatoms. The molecule has 0 saturated carbocycles. The highest BCUT2D eigenvalue weighted by Crippen LogP contribution is 2.44. The third kappa shape index (κ3) is 4.05. The van der Waals surface area contributed by atoms with Crippen LogP contribution in [0.15, 0.2) is 60.0 Å². The summed E-state index contributed by atoms with van der Waals surface area (Å²) in [6.45, 7) is 1.33. The fraction of sp³-hybridized carbons (Fsp3) is 0.333. The monoisotopic (exact) mass is 476 g/mol. The smallest absolute Gasteiger partial charge is 0.228 e. The number of anilines is 1. The van der Waals surface area contributed by atoms with Crippen LogP contribution in [0.25, 0.3) is 0 Å². The van der Waals surface area contributed by atoms with Gasteiger partial charge in [0.2, 0.25) is 11.8 Å². The lowest BCUT2D eigenvalue weighted by molar-refractivity contribution is -0.139. The lowest BCUT2D eigenvalue weighted by atomic mass is 9.82. The molecule has 0 N–H and O–H groups in total. The number of fused-ring (bicyclic) bond motifs is 1. The largest absolute Gasteiger partial charge is 0.497 e. The third-order valence-electron chi connectivity index (χ3n) is 6.84. The molecule has 0 spiro atoms. The Kier molecular flexibility index (Phi) is 6.28. The molecule has 2 aliphatic rings. The lowest BCUT2D eigenvalue weighted by Crippen LogP contribution is -2.50. The van der Waals surface area contributed by atoms with E-state index in [0.717, 1.165) is 23.4 Å². The van der Waals surface area contributed by atoms with Crippen molar-refractivity contribution in [1.29, 1.82) is 0 Å². The quantitative estimate of drug-likeness (QED) is 0.529. The Balaban J connectivity index is 1.55. The van der Waals surface area contributed by atoms with Gasteiger partial charge in [-0.15, -0.1) is 11.3 Å². The minimum Gasteiger partial charge on any atom is -0.497 e. The average molecular weight is 477 g/mol. The van der Waals surface area contributed by atoms with Gasteiger partial charge in [-0.05, 0) is 60.2 Å². The predicted molar refractivity (Wildman–Crippen MR) is 132 cm³/mol. The maximum Gasteiger partial charge on any atom is 0.228 e. The molecule has 0 aliphatic carbocycles. The number of rotatable bonds is 5. The number of hydrogen-bond acceptors (Lipinski definition) is 5. The number of nitrogens with zero attached hydrogens (tertiary/aromatic N) is 2. The van der Waals surface area contributed by atoms with Gasteiger partial charge in [0.05, 0.1) is 26.2 Å². The summed E-state index contributed by atoms with van der Waals surface area (Å²) in [7, 11) is 3.24. The molecule has 3 aromatic rings. The Morgan fingerprint density at radius 1 is 1.00 bits per heavy atom. The van der Waals surface area contributed by atoms with Crippen molar-refractivity contribution in [2.45, 2.75) is 31.8 Å². The van der Waals surface area contributed by atoms with Crippen LogP contribution >= 0.6 is 11.3 Å². The van der Waals surface area contributed by atoms with Crippen LogP contribution in [0.2, 0.25) is 0 Å². The summed E-state index contributed by atoms with van der Waals surface area (Å²) in [5.74, 6) is 1.13. The van der Waals surface area contributed by atoms with Crippen LogP contribution in [0, 0.1) is 5.92 Å². The minimum absolute atomic E-state index is 0.00360. The number of para-hydroxylation sites is 1. The molecule has 1 saturated heterocycles. The van der Waals surface area contributed by atoms with Gasteiger partial charge in [-0.2, -0.15) is 0 Å². The number of carbonyl (C=O) groups excluding carboxylic acids is 2. The van der Waals surface area contributed by atoms with E-state index in [4.69, 9.17) is 9.47 Å². The molecule has 34 heavy (non-hydrogen) atoms. The van der Waals surface area contributed by atoms with E-state index in [1.807, 2.05) is 53.4 Å². The third-order valence-corrected chi connectivity index (χ3v) is 7.86. The van der Waals surface area contributed by atoms with Crippen molar-refractivity contribution in [1.82, 2.24) is 4.90 Å². The molecular weight excluding hydrogens is 448 g/mol. The molecule has 2 atom stereocenters. The van der Waals surface area contributed by atoms with Crippen molar-refractivity contribution in [3.8, 4) is 11.5 Å². The van der Waals surface area contributed by atoms with Crippen LogP contribution < -0.4 is 14.4 Å². The van der Waals surface area contributed by atoms with Crippen molar-refractivity contribution >= 4 is 28.8 Å². The Hall–Kier alpha value is -3.32. The molecule has 3 heterocycles. The van der Waals surface area contributed by atoms with Gasteiger partial charge in [0.1, 0.15) is 11.5 Å². The van der Waals surface area contributed by atoms with E-state index in [1.54, 1.807) is 30.5 Å². The molecule has 2 aromatic carbocycles. The molecule has 2 amide bonds. The topological polar surface area (TPSA) is 59.1 Å². The molecule has 6 nitrogen and oxygen atoms in total. The highest BCUT2D eigenvalue weighted by Gasteiger charge is 2.44. The fourth-order valence-electron chi connectivity index (χ4n) is 5.14. The van der Waals surface area contributed by atoms with Gasteiger partial charge < -0.3 is 19.3 Å². The first kappa shape index (κ1) is 22.5. The SMILES string of the molecule is COc1ccc(N2C(=O)CCC(C(=O)N3CCc4sccc4C3)C2c2ccccc2OC)cc1. The Morgan fingerprint density at radius 2 is 1.79 bits per heavy atom. The zero-order valence-corrected chi connectivity index (χ0v) is 20.2. The van der Waals surface area contributed by atoms with E-state index < -0.39 is 6.04 Å². The molecular formula is C27H28N2O4S. The summed E-state index contributed by atoms with van der Waals surface area (Å²) < 4.78 is 11.0. The summed E-state index contributed by atoms with van der Waals surface area (Å²) in [5, 5.41) is 2.10. The second-order valence-corrected chi connectivity index (χ2v) is 9.67. The van der Waals surface area contributed by atoms with Crippen molar-refractivity contribution in [2.24, 2.45) is 5.92 Å². The van der Waals surface area contributed by atoms with Crippen LogP contribution in [-0.4, -0.2) is 37.5 Å². The molecule has 5 rings (SSSR count). The molecule has 176 valence electrons. The van der Waals surface area contributed by atoms with E-state index in [0.29, 0.717) is 31.7 Å². The summed E-state index contributed by atoms with van der Waals surface area (Å²) in [6.07, 6.45) is 1.72. The molecule has 1 aromatic heterocycles. The molecule has 1 fully saturated rings. The second kappa shape index (κ2) is 9.50. The van der Waals surface area contributed by atoms with E-state index >= 15 is 0 Å². The second-order valence-electron chi connectivity index (χ2n) is 8.67. The number of benzene rings is 2. The lowest BCUT2D eigenvalue weighted by Gasteiger charge is -2.43. The number of ether oxygens (including phenoxy) is 2. The number of carbonyl (C=O) groups is 2. The summed E-state index contributed by atoms with van der Waals surface area (Å²) in [6, 6.07) is 16.8. The van der Waals surface area contributed by atoms with Crippen LogP contribution in [0.3, 0.4) is 0 Å². The van der Waals surface area contributed by atoms with Gasteiger partial charge in [-0.25, -0.2) is 0 Å². The van der Waals surface area contributed by atoms with E-state index in [9.17, 15) is 9.59 Å². The first-order chi connectivity index (χ1) is 16.6. The Labute approximate surface area is 203 Å². The zero-order valence-electron chi connectivity index (χ0n) is 19.4. The number of methoxy groups -OCH3 is 2. The predicted octanol–water partition coefficient (Wildman–Crippen LogP) is 4.83. The van der Waals surface area contributed by atoms with Gasteiger partial charge >= 0.3 is 0 Å². The normalized spacial score (nSPS) is 20.1. The highest BCUT2D eigenvalue weighted by atomic mass is 32.1. The zero-order chi connectivity index (χ0) is 23.7. The summed E-state index contributed by atoms with van der Waals surface area (Å²) in [5.41, 5.74) is 2.83. The first-order valence-electron chi connectivity index (χ1n) is 11.5. The van der Waals surface area contributed by atoms with Gasteiger partial charge in [0.15, 0.2) is 0 Å². The maximum atomic E-state index is 14.0. The number of hydrogen-bond donors (Lipinski definition) is 0. The molecule has 0 radical (unpaired) electrons. The van der Waals surface area contributed by atoms with E-state index in [-0.39, 0.29) is 17.7 Å². The van der Waals surface area contributed by atoms with Crippen molar-refractivity contribution in [3.63, 3.8) is 0 Å².